The van der Waals surface area contributed by atoms with Gasteiger partial charge >= 0.3 is 0 Å². The third-order valence-corrected chi connectivity index (χ3v) is 3.54. The summed E-state index contributed by atoms with van der Waals surface area (Å²) in [5, 5.41) is 9.75. The van der Waals surface area contributed by atoms with Crippen LogP contribution < -0.4 is 10.6 Å². The minimum Gasteiger partial charge on any atom is -0.391 e. The molecule has 1 aliphatic rings. The Kier molecular flexibility index (Phi) is 3.88. The molecule has 18 heavy (non-hydrogen) atoms. The van der Waals surface area contributed by atoms with Crippen molar-refractivity contribution < 1.29 is 9.50 Å². The Morgan fingerprint density at radius 1 is 1.50 bits per heavy atom. The van der Waals surface area contributed by atoms with Crippen molar-refractivity contribution in [3.63, 3.8) is 0 Å². The molecule has 3 nitrogen and oxygen atoms in total. The van der Waals surface area contributed by atoms with Crippen LogP contribution in [0.3, 0.4) is 0 Å². The van der Waals surface area contributed by atoms with E-state index >= 15 is 0 Å². The summed E-state index contributed by atoms with van der Waals surface area (Å²) in [5.74, 6) is -0.219. The van der Waals surface area contributed by atoms with Gasteiger partial charge < -0.3 is 15.7 Å². The summed E-state index contributed by atoms with van der Waals surface area (Å²) in [6, 6.07) is 3.15. The maximum Gasteiger partial charge on any atom is 0.126 e. The Labute approximate surface area is 107 Å². The molecule has 1 aliphatic heterocycles. The second-order valence-electron chi connectivity index (χ2n) is 5.19. The quantitative estimate of drug-likeness (QED) is 0.847. The van der Waals surface area contributed by atoms with Gasteiger partial charge in [0.1, 0.15) is 5.82 Å². The Morgan fingerprint density at radius 3 is 2.83 bits per heavy atom. The molecule has 2 atom stereocenters. The topological polar surface area (TPSA) is 49.5 Å². The van der Waals surface area contributed by atoms with E-state index in [0.717, 1.165) is 30.6 Å². The molecule has 0 aromatic heterocycles. The first-order valence-electron chi connectivity index (χ1n) is 6.47. The molecule has 1 aromatic rings. The van der Waals surface area contributed by atoms with Gasteiger partial charge in [0.25, 0.3) is 0 Å². The second kappa shape index (κ2) is 5.24. The predicted molar refractivity (Wildman–Crippen MR) is 71.2 cm³/mol. The van der Waals surface area contributed by atoms with Crippen LogP contribution in [0, 0.1) is 12.7 Å². The smallest absolute Gasteiger partial charge is 0.126 e. The number of anilines is 1. The third-order valence-electron chi connectivity index (χ3n) is 3.54. The fourth-order valence-corrected chi connectivity index (χ4v) is 2.49. The van der Waals surface area contributed by atoms with E-state index < -0.39 is 0 Å². The van der Waals surface area contributed by atoms with Crippen LogP contribution in [0.2, 0.25) is 0 Å². The fraction of sp³-hybridized carbons (Fsp3) is 0.571. The van der Waals surface area contributed by atoms with E-state index in [9.17, 15) is 9.50 Å². The van der Waals surface area contributed by atoms with Gasteiger partial charge in [-0.2, -0.15) is 0 Å². The van der Waals surface area contributed by atoms with Gasteiger partial charge in [0.15, 0.2) is 0 Å². The highest BCUT2D eigenvalue weighted by Gasteiger charge is 2.22. The molecule has 0 radical (unpaired) electrons. The van der Waals surface area contributed by atoms with Crippen LogP contribution >= 0.6 is 0 Å². The third kappa shape index (κ3) is 2.65. The maximum atomic E-state index is 13.6. The van der Waals surface area contributed by atoms with Crippen LogP contribution in [0.4, 0.5) is 10.1 Å². The molecule has 1 aromatic carbocycles. The number of hydrogen-bond acceptors (Lipinski definition) is 3. The number of nitrogens with two attached hydrogens (primary N) is 1. The normalized spacial score (nSPS) is 22.1. The average molecular weight is 252 g/mol. The van der Waals surface area contributed by atoms with E-state index in [4.69, 9.17) is 5.73 Å². The number of hydrogen-bond donors (Lipinski definition) is 2. The van der Waals surface area contributed by atoms with E-state index in [0.29, 0.717) is 12.1 Å². The van der Waals surface area contributed by atoms with Gasteiger partial charge in [0, 0.05) is 24.8 Å². The summed E-state index contributed by atoms with van der Waals surface area (Å²) in [6.45, 7) is 5.10. The highest BCUT2D eigenvalue weighted by atomic mass is 19.1. The minimum atomic E-state index is -0.301. The van der Waals surface area contributed by atoms with Crippen molar-refractivity contribution in [3.8, 4) is 0 Å². The van der Waals surface area contributed by atoms with Crippen LogP contribution in [-0.4, -0.2) is 24.3 Å². The van der Waals surface area contributed by atoms with Gasteiger partial charge in [-0.25, -0.2) is 4.39 Å². The molecular formula is C14H21FN2O. The standard InChI is InChI=1S/C14H21FN2O/c1-9-6-14(12(10(2)16)7-13(9)15)17-5-3-4-11(18)8-17/h6-7,10-11,18H,3-5,8,16H2,1-2H3/t10-,11?/m1/s1. The van der Waals surface area contributed by atoms with Gasteiger partial charge in [-0.3, -0.25) is 0 Å². The summed E-state index contributed by atoms with van der Waals surface area (Å²) in [4.78, 5) is 2.11. The lowest BCUT2D eigenvalue weighted by Crippen LogP contribution is -2.39. The molecule has 1 unspecified atom stereocenters. The van der Waals surface area contributed by atoms with Crippen molar-refractivity contribution in [1.82, 2.24) is 0 Å². The largest absolute Gasteiger partial charge is 0.391 e. The average Bonchev–Trinajstić information content (AvgIpc) is 2.31. The minimum absolute atomic E-state index is 0.214. The molecule has 0 spiro atoms. The lowest BCUT2D eigenvalue weighted by atomic mass is 10.00. The Balaban J connectivity index is 2.38. The van der Waals surface area contributed by atoms with Crippen molar-refractivity contribution >= 4 is 5.69 Å². The number of β-amino-alcohol motifs (C(OH)–C–C–N with tert-alkyl or cyclic N) is 1. The first-order chi connectivity index (χ1) is 8.49. The van der Waals surface area contributed by atoms with Crippen molar-refractivity contribution in [2.75, 3.05) is 18.0 Å². The number of halogens is 1. The lowest BCUT2D eigenvalue weighted by Gasteiger charge is -2.34. The molecule has 0 amide bonds. The van der Waals surface area contributed by atoms with E-state index in [-0.39, 0.29) is 18.0 Å². The Hall–Kier alpha value is -1.13. The molecule has 1 saturated heterocycles. The SMILES string of the molecule is Cc1cc(N2CCCC(O)C2)c([C@@H](C)N)cc1F. The highest BCUT2D eigenvalue weighted by molar-refractivity contribution is 5.57. The van der Waals surface area contributed by atoms with Crippen LogP contribution in [-0.2, 0) is 0 Å². The Bertz CT molecular complexity index is 434. The summed E-state index contributed by atoms with van der Waals surface area (Å²) >= 11 is 0. The summed E-state index contributed by atoms with van der Waals surface area (Å²) in [5.41, 5.74) is 8.31. The molecule has 1 heterocycles. The van der Waals surface area contributed by atoms with Crippen molar-refractivity contribution in [3.05, 3.63) is 29.1 Å². The molecule has 0 saturated carbocycles. The van der Waals surface area contributed by atoms with Crippen molar-refractivity contribution in [2.24, 2.45) is 5.73 Å². The lowest BCUT2D eigenvalue weighted by molar-refractivity contribution is 0.154. The van der Waals surface area contributed by atoms with Crippen LogP contribution in [0.25, 0.3) is 0 Å². The summed E-state index contributed by atoms with van der Waals surface area (Å²) in [7, 11) is 0. The molecule has 2 rings (SSSR count). The zero-order valence-corrected chi connectivity index (χ0v) is 11.0. The molecule has 0 aliphatic carbocycles. The van der Waals surface area contributed by atoms with Crippen LogP contribution in [0.5, 0.6) is 0 Å². The van der Waals surface area contributed by atoms with E-state index in [1.807, 2.05) is 13.0 Å². The number of rotatable bonds is 2. The number of aliphatic hydroxyl groups excluding tert-OH is 1. The molecule has 0 bridgehead atoms. The number of benzene rings is 1. The van der Waals surface area contributed by atoms with Gasteiger partial charge in [-0.05, 0) is 49.9 Å². The number of aryl methyl sites for hydroxylation is 1. The predicted octanol–water partition coefficient (Wildman–Crippen LogP) is 2.11. The van der Waals surface area contributed by atoms with Gasteiger partial charge in [-0.15, -0.1) is 0 Å². The van der Waals surface area contributed by atoms with E-state index in [1.54, 1.807) is 6.92 Å². The van der Waals surface area contributed by atoms with Crippen molar-refractivity contribution in [1.29, 1.82) is 0 Å². The molecule has 3 N–H and O–H groups in total. The van der Waals surface area contributed by atoms with Crippen LogP contribution in [0.1, 0.15) is 36.9 Å². The first-order valence-corrected chi connectivity index (χ1v) is 6.47. The van der Waals surface area contributed by atoms with Gasteiger partial charge in [0.2, 0.25) is 0 Å². The van der Waals surface area contributed by atoms with Gasteiger partial charge in [0.05, 0.1) is 6.10 Å². The van der Waals surface area contributed by atoms with Gasteiger partial charge in [-0.1, -0.05) is 0 Å². The zero-order chi connectivity index (χ0) is 13.3. The maximum absolute atomic E-state index is 13.6. The van der Waals surface area contributed by atoms with E-state index in [1.165, 1.54) is 6.07 Å². The van der Waals surface area contributed by atoms with Crippen molar-refractivity contribution in [2.45, 2.75) is 38.8 Å². The summed E-state index contributed by atoms with van der Waals surface area (Å²) < 4.78 is 13.6. The van der Waals surface area contributed by atoms with Crippen LogP contribution in [0.15, 0.2) is 12.1 Å². The number of piperidine rings is 1. The molecule has 4 heteroatoms. The zero-order valence-electron chi connectivity index (χ0n) is 11.0. The first kappa shape index (κ1) is 13.3. The molecular weight excluding hydrogens is 231 g/mol. The number of nitrogens with zero attached hydrogens (tertiary/aromatic N) is 1. The highest BCUT2D eigenvalue weighted by Crippen LogP contribution is 2.30. The Morgan fingerprint density at radius 2 is 2.22 bits per heavy atom. The summed E-state index contributed by atoms with van der Waals surface area (Å²) in [6.07, 6.45) is 1.49. The fourth-order valence-electron chi connectivity index (χ4n) is 2.49. The monoisotopic (exact) mass is 252 g/mol. The number of aliphatic hydroxyl groups is 1. The molecule has 1 fully saturated rings. The second-order valence-corrected chi connectivity index (χ2v) is 5.19. The van der Waals surface area contributed by atoms with E-state index in [2.05, 4.69) is 4.90 Å². The molecule has 100 valence electrons.